The van der Waals surface area contributed by atoms with E-state index in [1.165, 1.54) is 0 Å². The number of aryl methyl sites for hydroxylation is 1. The number of hydrogen-bond acceptors (Lipinski definition) is 4. The Morgan fingerprint density at radius 1 is 1.38 bits per heavy atom. The van der Waals surface area contributed by atoms with Gasteiger partial charge in [0, 0.05) is 16.0 Å². The Hall–Kier alpha value is -0.840. The van der Waals surface area contributed by atoms with Crippen LogP contribution < -0.4 is 0 Å². The number of thiazole rings is 1. The first-order valence-corrected chi connectivity index (χ1v) is 6.73. The van der Waals surface area contributed by atoms with Crippen molar-refractivity contribution in [1.29, 1.82) is 0 Å². The van der Waals surface area contributed by atoms with Gasteiger partial charge in [0.1, 0.15) is 0 Å². The highest BCUT2D eigenvalue weighted by Crippen LogP contribution is 2.34. The summed E-state index contributed by atoms with van der Waals surface area (Å²) in [4.78, 5) is 5.48. The lowest BCUT2D eigenvalue weighted by molar-refractivity contribution is 0.196. The van der Waals surface area contributed by atoms with Crippen LogP contribution in [-0.2, 0) is 0 Å². The first-order chi connectivity index (χ1) is 7.66. The highest BCUT2D eigenvalue weighted by molar-refractivity contribution is 8.01. The Morgan fingerprint density at radius 2 is 2.12 bits per heavy atom. The smallest absolute Gasteiger partial charge is 0.154 e. The largest absolute Gasteiger partial charge is 0.389 e. The molecule has 16 heavy (non-hydrogen) atoms. The quantitative estimate of drug-likeness (QED) is 0.903. The van der Waals surface area contributed by atoms with Crippen LogP contribution in [0.25, 0.3) is 0 Å². The first-order valence-electron chi connectivity index (χ1n) is 5.04. The number of hydrogen-bond donors (Lipinski definition) is 1. The molecule has 4 heteroatoms. The predicted molar refractivity (Wildman–Crippen MR) is 68.0 cm³/mol. The molecule has 84 valence electrons. The molecule has 0 radical (unpaired) electrons. The van der Waals surface area contributed by atoms with Gasteiger partial charge >= 0.3 is 0 Å². The number of nitrogens with zero attached hydrogens (tertiary/aromatic N) is 1. The van der Waals surface area contributed by atoms with E-state index in [0.29, 0.717) is 0 Å². The lowest BCUT2D eigenvalue weighted by Crippen LogP contribution is -1.93. The molecule has 0 aliphatic rings. The molecule has 1 unspecified atom stereocenters. The molecule has 1 N–H and O–H groups in total. The number of aliphatic hydroxyl groups excluding tert-OH is 1. The summed E-state index contributed by atoms with van der Waals surface area (Å²) in [5.41, 5.74) is 2.00. The first kappa shape index (κ1) is 11.6. The Balaban J connectivity index is 2.27. The molecule has 1 aromatic heterocycles. The van der Waals surface area contributed by atoms with E-state index < -0.39 is 6.10 Å². The van der Waals surface area contributed by atoms with E-state index in [1.54, 1.807) is 30.0 Å². The molecule has 2 nitrogen and oxygen atoms in total. The molecule has 0 fully saturated rings. The van der Waals surface area contributed by atoms with Crippen molar-refractivity contribution in [3.63, 3.8) is 0 Å². The summed E-state index contributed by atoms with van der Waals surface area (Å²) in [6.07, 6.45) is -0.440. The average Bonchev–Trinajstić information content (AvgIpc) is 2.64. The third kappa shape index (κ3) is 2.64. The standard InChI is InChI=1S/C12H13NOS2/c1-8-7-15-12(13-8)16-11-6-4-3-5-10(11)9(2)14/h3-7,9,14H,1-2H3. The molecule has 0 saturated carbocycles. The van der Waals surface area contributed by atoms with Crippen LogP contribution in [0.5, 0.6) is 0 Å². The minimum atomic E-state index is -0.440. The molecular formula is C12H13NOS2. The lowest BCUT2D eigenvalue weighted by atomic mass is 10.1. The van der Waals surface area contributed by atoms with Gasteiger partial charge in [0.05, 0.1) is 6.10 Å². The third-order valence-corrected chi connectivity index (χ3v) is 4.31. The Labute approximate surface area is 103 Å². The van der Waals surface area contributed by atoms with Gasteiger partial charge in [-0.3, -0.25) is 0 Å². The molecule has 0 saturated heterocycles. The summed E-state index contributed by atoms with van der Waals surface area (Å²) in [6.45, 7) is 3.77. The van der Waals surface area contributed by atoms with Gasteiger partial charge in [0.15, 0.2) is 4.34 Å². The average molecular weight is 251 g/mol. The van der Waals surface area contributed by atoms with Gasteiger partial charge in [0.25, 0.3) is 0 Å². The number of aromatic nitrogens is 1. The van der Waals surface area contributed by atoms with E-state index in [2.05, 4.69) is 4.98 Å². The normalized spacial score (nSPS) is 12.7. The minimum Gasteiger partial charge on any atom is -0.389 e. The Bertz CT molecular complexity index is 479. The fourth-order valence-electron chi connectivity index (χ4n) is 1.39. The molecule has 0 aliphatic heterocycles. The zero-order valence-electron chi connectivity index (χ0n) is 9.18. The van der Waals surface area contributed by atoms with E-state index in [-0.39, 0.29) is 0 Å². The van der Waals surface area contributed by atoms with Crippen molar-refractivity contribution < 1.29 is 5.11 Å². The van der Waals surface area contributed by atoms with Crippen molar-refractivity contribution in [2.75, 3.05) is 0 Å². The maximum Gasteiger partial charge on any atom is 0.154 e. The van der Waals surface area contributed by atoms with Crippen LogP contribution in [0.15, 0.2) is 38.9 Å². The fourth-order valence-corrected chi connectivity index (χ4v) is 3.40. The van der Waals surface area contributed by atoms with Gasteiger partial charge in [-0.05, 0) is 25.5 Å². The van der Waals surface area contributed by atoms with Crippen molar-refractivity contribution in [2.24, 2.45) is 0 Å². The minimum absolute atomic E-state index is 0.440. The lowest BCUT2D eigenvalue weighted by Gasteiger charge is -2.09. The SMILES string of the molecule is Cc1csc(Sc2ccccc2C(C)O)n1. The molecule has 0 spiro atoms. The van der Waals surface area contributed by atoms with Crippen LogP contribution >= 0.6 is 23.1 Å². The maximum absolute atomic E-state index is 9.66. The molecular weight excluding hydrogens is 238 g/mol. The molecule has 1 aromatic carbocycles. The number of benzene rings is 1. The van der Waals surface area contributed by atoms with Crippen molar-refractivity contribution in [1.82, 2.24) is 4.98 Å². The van der Waals surface area contributed by atoms with Crippen LogP contribution in [0.4, 0.5) is 0 Å². The van der Waals surface area contributed by atoms with Crippen LogP contribution in [0.1, 0.15) is 24.3 Å². The number of rotatable bonds is 3. The summed E-state index contributed by atoms with van der Waals surface area (Å²) >= 11 is 3.25. The summed E-state index contributed by atoms with van der Waals surface area (Å²) in [6, 6.07) is 7.89. The third-order valence-electron chi connectivity index (χ3n) is 2.16. The van der Waals surface area contributed by atoms with Gasteiger partial charge in [-0.15, -0.1) is 11.3 Å². The van der Waals surface area contributed by atoms with Crippen molar-refractivity contribution in [3.8, 4) is 0 Å². The molecule has 0 bridgehead atoms. The monoisotopic (exact) mass is 251 g/mol. The van der Waals surface area contributed by atoms with Crippen molar-refractivity contribution in [2.45, 2.75) is 29.2 Å². The summed E-state index contributed by atoms with van der Waals surface area (Å²) in [7, 11) is 0. The van der Waals surface area contributed by atoms with Crippen LogP contribution in [0, 0.1) is 6.92 Å². The Kier molecular flexibility index (Phi) is 3.63. The maximum atomic E-state index is 9.66. The summed E-state index contributed by atoms with van der Waals surface area (Å²) in [5.74, 6) is 0. The van der Waals surface area contributed by atoms with Gasteiger partial charge in [0.2, 0.25) is 0 Å². The molecule has 1 atom stereocenters. The molecule has 2 rings (SSSR count). The van der Waals surface area contributed by atoms with Crippen LogP contribution in [0.2, 0.25) is 0 Å². The fraction of sp³-hybridized carbons (Fsp3) is 0.250. The van der Waals surface area contributed by atoms with E-state index in [0.717, 1.165) is 20.5 Å². The van der Waals surface area contributed by atoms with E-state index in [4.69, 9.17) is 0 Å². The van der Waals surface area contributed by atoms with Crippen LogP contribution in [0.3, 0.4) is 0 Å². The summed E-state index contributed by atoms with van der Waals surface area (Å²) in [5, 5.41) is 11.7. The van der Waals surface area contributed by atoms with Crippen molar-refractivity contribution in [3.05, 3.63) is 40.9 Å². The molecule has 0 aliphatic carbocycles. The summed E-state index contributed by atoms with van der Waals surface area (Å²) < 4.78 is 1.02. The second-order valence-corrected chi connectivity index (χ2v) is 5.72. The molecule has 2 aromatic rings. The van der Waals surface area contributed by atoms with E-state index >= 15 is 0 Å². The predicted octanol–water partition coefficient (Wildman–Crippen LogP) is 3.66. The number of aliphatic hydroxyl groups is 1. The highest BCUT2D eigenvalue weighted by atomic mass is 32.2. The zero-order chi connectivity index (χ0) is 11.5. The van der Waals surface area contributed by atoms with E-state index in [1.807, 2.05) is 36.6 Å². The topological polar surface area (TPSA) is 33.1 Å². The Morgan fingerprint density at radius 3 is 2.75 bits per heavy atom. The van der Waals surface area contributed by atoms with Gasteiger partial charge in [-0.25, -0.2) is 4.98 Å². The van der Waals surface area contributed by atoms with Gasteiger partial charge in [-0.2, -0.15) is 0 Å². The second-order valence-electron chi connectivity index (χ2n) is 3.57. The van der Waals surface area contributed by atoms with E-state index in [9.17, 15) is 5.11 Å². The van der Waals surface area contributed by atoms with Gasteiger partial charge in [-0.1, -0.05) is 30.0 Å². The molecule has 0 amide bonds. The van der Waals surface area contributed by atoms with Crippen molar-refractivity contribution >= 4 is 23.1 Å². The highest BCUT2D eigenvalue weighted by Gasteiger charge is 2.09. The second kappa shape index (κ2) is 4.99. The molecule has 1 heterocycles. The van der Waals surface area contributed by atoms with Crippen LogP contribution in [-0.4, -0.2) is 10.1 Å². The zero-order valence-corrected chi connectivity index (χ0v) is 10.8. The van der Waals surface area contributed by atoms with Gasteiger partial charge < -0.3 is 5.11 Å².